The SMILES string of the molecule is CCCC1(CCC)C(=O)NC(=NC(=O)NCC(C)C)NC1=O. The van der Waals surface area contributed by atoms with E-state index in [2.05, 4.69) is 20.9 Å². The molecule has 0 bridgehead atoms. The predicted molar refractivity (Wildman–Crippen MR) is 84.2 cm³/mol. The molecular formula is C15H26N4O3. The number of hydrogen-bond acceptors (Lipinski definition) is 3. The highest BCUT2D eigenvalue weighted by molar-refractivity contribution is 6.21. The van der Waals surface area contributed by atoms with Gasteiger partial charge in [0, 0.05) is 6.54 Å². The molecule has 0 saturated carbocycles. The summed E-state index contributed by atoms with van der Waals surface area (Å²) >= 11 is 0. The van der Waals surface area contributed by atoms with Crippen molar-refractivity contribution in [2.24, 2.45) is 16.3 Å². The first kappa shape index (κ1) is 18.1. The molecule has 124 valence electrons. The summed E-state index contributed by atoms with van der Waals surface area (Å²) in [4.78, 5) is 40.1. The van der Waals surface area contributed by atoms with Crippen LogP contribution in [0.3, 0.4) is 0 Å². The maximum Gasteiger partial charge on any atom is 0.344 e. The van der Waals surface area contributed by atoms with Crippen LogP contribution >= 0.6 is 0 Å². The van der Waals surface area contributed by atoms with Crippen LogP contribution in [-0.2, 0) is 9.59 Å². The third kappa shape index (κ3) is 4.29. The van der Waals surface area contributed by atoms with E-state index in [1.807, 2.05) is 27.7 Å². The van der Waals surface area contributed by atoms with Gasteiger partial charge in [-0.25, -0.2) is 4.79 Å². The fourth-order valence-electron chi connectivity index (χ4n) is 2.51. The minimum Gasteiger partial charge on any atom is -0.336 e. The fraction of sp³-hybridized carbons (Fsp3) is 0.733. The Bertz CT molecular complexity index is 443. The van der Waals surface area contributed by atoms with E-state index in [0.717, 1.165) is 12.8 Å². The molecule has 0 radical (unpaired) electrons. The summed E-state index contributed by atoms with van der Waals surface area (Å²) in [6, 6.07) is -0.581. The number of hydrogen-bond donors (Lipinski definition) is 3. The lowest BCUT2D eigenvalue weighted by Gasteiger charge is -2.34. The monoisotopic (exact) mass is 310 g/mol. The highest BCUT2D eigenvalue weighted by Gasteiger charge is 2.48. The molecule has 1 aliphatic rings. The van der Waals surface area contributed by atoms with Crippen LogP contribution in [0.4, 0.5) is 4.79 Å². The molecule has 1 heterocycles. The molecule has 22 heavy (non-hydrogen) atoms. The summed E-state index contributed by atoms with van der Waals surface area (Å²) in [6.07, 6.45) is 2.40. The summed E-state index contributed by atoms with van der Waals surface area (Å²) in [7, 11) is 0. The smallest absolute Gasteiger partial charge is 0.336 e. The minimum atomic E-state index is -1.06. The average Bonchev–Trinajstić information content (AvgIpc) is 2.43. The fourth-order valence-corrected chi connectivity index (χ4v) is 2.51. The van der Waals surface area contributed by atoms with Crippen LogP contribution in [0.15, 0.2) is 4.99 Å². The first-order chi connectivity index (χ1) is 10.4. The zero-order valence-corrected chi connectivity index (χ0v) is 13.8. The second kappa shape index (κ2) is 7.91. The van der Waals surface area contributed by atoms with Crippen LogP contribution in [0.2, 0.25) is 0 Å². The number of rotatable bonds is 6. The van der Waals surface area contributed by atoms with Gasteiger partial charge in [-0.15, -0.1) is 0 Å². The summed E-state index contributed by atoms with van der Waals surface area (Å²) in [5.74, 6) is -0.564. The van der Waals surface area contributed by atoms with E-state index >= 15 is 0 Å². The molecule has 1 fully saturated rings. The quantitative estimate of drug-likeness (QED) is 0.649. The molecule has 0 atom stereocenters. The molecule has 1 rings (SSSR count). The molecule has 1 saturated heterocycles. The van der Waals surface area contributed by atoms with Gasteiger partial charge in [0.05, 0.1) is 0 Å². The van der Waals surface area contributed by atoms with Crippen molar-refractivity contribution in [2.45, 2.75) is 53.4 Å². The van der Waals surface area contributed by atoms with Gasteiger partial charge < -0.3 is 5.32 Å². The molecule has 0 spiro atoms. The van der Waals surface area contributed by atoms with Crippen molar-refractivity contribution in [1.29, 1.82) is 0 Å². The number of carbonyl (C=O) groups is 3. The van der Waals surface area contributed by atoms with Crippen molar-refractivity contribution in [3.05, 3.63) is 0 Å². The van der Waals surface area contributed by atoms with E-state index in [1.54, 1.807) is 0 Å². The Kier molecular flexibility index (Phi) is 6.52. The van der Waals surface area contributed by atoms with E-state index in [1.165, 1.54) is 0 Å². The molecule has 0 aliphatic carbocycles. The van der Waals surface area contributed by atoms with Crippen molar-refractivity contribution < 1.29 is 14.4 Å². The summed E-state index contributed by atoms with van der Waals surface area (Å²) in [6.45, 7) is 8.26. The number of urea groups is 1. The van der Waals surface area contributed by atoms with Crippen LogP contribution in [-0.4, -0.2) is 30.3 Å². The lowest BCUT2D eigenvalue weighted by atomic mass is 9.76. The van der Waals surface area contributed by atoms with Crippen molar-refractivity contribution in [2.75, 3.05) is 6.54 Å². The largest absolute Gasteiger partial charge is 0.344 e. The Morgan fingerprint density at radius 2 is 1.64 bits per heavy atom. The maximum atomic E-state index is 12.4. The summed E-state index contributed by atoms with van der Waals surface area (Å²) < 4.78 is 0. The Balaban J connectivity index is 2.82. The Labute approximate surface area is 131 Å². The van der Waals surface area contributed by atoms with Gasteiger partial charge in [-0.2, -0.15) is 4.99 Å². The number of aliphatic imine (C=N–C) groups is 1. The zero-order valence-electron chi connectivity index (χ0n) is 13.8. The van der Waals surface area contributed by atoms with E-state index in [0.29, 0.717) is 25.3 Å². The first-order valence-corrected chi connectivity index (χ1v) is 7.85. The highest BCUT2D eigenvalue weighted by Crippen LogP contribution is 2.32. The molecule has 7 nitrogen and oxygen atoms in total. The zero-order chi connectivity index (χ0) is 16.8. The van der Waals surface area contributed by atoms with Gasteiger partial charge >= 0.3 is 6.03 Å². The molecule has 0 aromatic carbocycles. The number of nitrogens with one attached hydrogen (secondary N) is 3. The van der Waals surface area contributed by atoms with Gasteiger partial charge in [0.1, 0.15) is 5.41 Å². The Morgan fingerprint density at radius 3 is 2.05 bits per heavy atom. The van der Waals surface area contributed by atoms with Gasteiger partial charge in [-0.1, -0.05) is 40.5 Å². The van der Waals surface area contributed by atoms with Gasteiger partial charge in [-0.05, 0) is 18.8 Å². The van der Waals surface area contributed by atoms with Crippen molar-refractivity contribution >= 4 is 23.8 Å². The summed E-state index contributed by atoms with van der Waals surface area (Å²) in [5, 5.41) is 7.69. The Morgan fingerprint density at radius 1 is 1.14 bits per heavy atom. The average molecular weight is 310 g/mol. The standard InChI is InChI=1S/C15H26N4O3/c1-5-7-15(8-6-2)11(20)17-13(18-12(15)21)19-14(22)16-9-10(3)4/h10H,5-9H2,1-4H3,(H3,16,17,18,19,20,21,22). The van der Waals surface area contributed by atoms with Gasteiger partial charge in [-0.3, -0.25) is 20.2 Å². The summed E-state index contributed by atoms with van der Waals surface area (Å²) in [5.41, 5.74) is -1.06. The number of carbonyl (C=O) groups excluding carboxylic acids is 3. The van der Waals surface area contributed by atoms with Crippen LogP contribution in [0.1, 0.15) is 53.4 Å². The number of guanidine groups is 1. The van der Waals surface area contributed by atoms with E-state index in [4.69, 9.17) is 0 Å². The minimum absolute atomic E-state index is 0.0981. The van der Waals surface area contributed by atoms with Gasteiger partial charge in [0.25, 0.3) is 0 Å². The molecule has 0 aromatic rings. The molecule has 7 heteroatoms. The van der Waals surface area contributed by atoms with E-state index < -0.39 is 11.4 Å². The highest BCUT2D eigenvalue weighted by atomic mass is 16.2. The first-order valence-electron chi connectivity index (χ1n) is 7.85. The number of nitrogens with zero attached hydrogens (tertiary/aromatic N) is 1. The third-order valence-electron chi connectivity index (χ3n) is 3.56. The molecular weight excluding hydrogens is 284 g/mol. The predicted octanol–water partition coefficient (Wildman–Crippen LogP) is 1.54. The molecule has 4 amide bonds. The Hall–Kier alpha value is -1.92. The molecule has 0 aromatic heterocycles. The van der Waals surface area contributed by atoms with Crippen LogP contribution in [0, 0.1) is 11.3 Å². The maximum absolute atomic E-state index is 12.4. The lowest BCUT2D eigenvalue weighted by molar-refractivity contribution is -0.144. The van der Waals surface area contributed by atoms with E-state index in [9.17, 15) is 14.4 Å². The molecule has 1 aliphatic heterocycles. The van der Waals surface area contributed by atoms with Crippen LogP contribution < -0.4 is 16.0 Å². The molecule has 3 N–H and O–H groups in total. The molecule has 0 unspecified atom stereocenters. The van der Waals surface area contributed by atoms with Gasteiger partial charge in [0.2, 0.25) is 17.8 Å². The second-order valence-corrected chi connectivity index (χ2v) is 6.03. The normalized spacial score (nSPS) is 17.0. The lowest BCUT2D eigenvalue weighted by Crippen LogP contribution is -2.63. The van der Waals surface area contributed by atoms with Crippen molar-refractivity contribution in [3.8, 4) is 0 Å². The van der Waals surface area contributed by atoms with Gasteiger partial charge in [0.15, 0.2) is 0 Å². The van der Waals surface area contributed by atoms with Crippen LogP contribution in [0.25, 0.3) is 0 Å². The second-order valence-electron chi connectivity index (χ2n) is 6.03. The van der Waals surface area contributed by atoms with E-state index in [-0.39, 0.29) is 17.8 Å². The van der Waals surface area contributed by atoms with Crippen LogP contribution in [0.5, 0.6) is 0 Å². The third-order valence-corrected chi connectivity index (χ3v) is 3.56. The van der Waals surface area contributed by atoms with Crippen molar-refractivity contribution in [3.63, 3.8) is 0 Å². The topological polar surface area (TPSA) is 99.7 Å². The van der Waals surface area contributed by atoms with Crippen molar-refractivity contribution in [1.82, 2.24) is 16.0 Å². The number of amides is 4.